The van der Waals surface area contributed by atoms with Crippen LogP contribution in [0.25, 0.3) is 0 Å². The lowest BCUT2D eigenvalue weighted by Gasteiger charge is -2.51. The van der Waals surface area contributed by atoms with Crippen LogP contribution in [0.3, 0.4) is 0 Å². The van der Waals surface area contributed by atoms with E-state index in [0.29, 0.717) is 0 Å². The molecule has 13 heavy (non-hydrogen) atoms. The third-order valence-electron chi connectivity index (χ3n) is 3.41. The summed E-state index contributed by atoms with van der Waals surface area (Å²) in [7, 11) is 4.12. The molecule has 0 aromatic carbocycles. The van der Waals surface area contributed by atoms with E-state index in [2.05, 4.69) is 44.6 Å². The molecule has 0 aromatic rings. The lowest BCUT2D eigenvalue weighted by atomic mass is 9.79. The third kappa shape index (κ3) is 1.93. The van der Waals surface area contributed by atoms with Crippen LogP contribution < -0.4 is 0 Å². The monoisotopic (exact) mass is 182 g/mol. The van der Waals surface area contributed by atoms with Crippen molar-refractivity contribution in [2.75, 3.05) is 14.1 Å². The molecule has 0 aromatic heterocycles. The first kappa shape index (κ1) is 10.7. The third-order valence-corrected chi connectivity index (χ3v) is 3.41. The molecule has 0 amide bonds. The van der Waals surface area contributed by atoms with Gasteiger partial charge in [-0.3, -0.25) is 9.89 Å². The number of aliphatic imine (C=N–C) groups is 1. The van der Waals surface area contributed by atoms with Crippen molar-refractivity contribution in [2.45, 2.75) is 51.6 Å². The Bertz CT molecular complexity index is 206. The smallest absolute Gasteiger partial charge is 0.0276 e. The van der Waals surface area contributed by atoms with Crippen molar-refractivity contribution in [3.63, 3.8) is 0 Å². The Kier molecular flexibility index (Phi) is 2.54. The second-order valence-corrected chi connectivity index (χ2v) is 5.33. The highest BCUT2D eigenvalue weighted by molar-refractivity contribution is 5.87. The zero-order valence-electron chi connectivity index (χ0n) is 9.81. The quantitative estimate of drug-likeness (QED) is 0.561. The van der Waals surface area contributed by atoms with Gasteiger partial charge >= 0.3 is 0 Å². The Balaban J connectivity index is 2.95. The van der Waals surface area contributed by atoms with Gasteiger partial charge in [-0.05, 0) is 34.7 Å². The topological polar surface area (TPSA) is 15.6 Å². The highest BCUT2D eigenvalue weighted by Gasteiger charge is 2.40. The molecule has 2 nitrogen and oxygen atoms in total. The van der Waals surface area contributed by atoms with Gasteiger partial charge in [-0.2, -0.15) is 0 Å². The summed E-state index contributed by atoms with van der Waals surface area (Å²) < 4.78 is 0. The van der Waals surface area contributed by atoms with Crippen LogP contribution in [0.1, 0.15) is 40.5 Å². The van der Waals surface area contributed by atoms with Crippen molar-refractivity contribution in [1.82, 2.24) is 4.90 Å². The van der Waals surface area contributed by atoms with Gasteiger partial charge in [-0.25, -0.2) is 0 Å². The molecular weight excluding hydrogens is 160 g/mol. The summed E-state index contributed by atoms with van der Waals surface area (Å²) in [5.74, 6) is 0. The Morgan fingerprint density at radius 3 is 1.77 bits per heavy atom. The number of nitrogens with zero attached hydrogens (tertiary/aromatic N) is 2. The molecule has 0 unspecified atom stereocenters. The van der Waals surface area contributed by atoms with E-state index in [1.165, 1.54) is 5.71 Å². The predicted molar refractivity (Wildman–Crippen MR) is 58.5 cm³/mol. The first-order chi connectivity index (χ1) is 5.79. The second kappa shape index (κ2) is 3.09. The summed E-state index contributed by atoms with van der Waals surface area (Å²) in [4.78, 5) is 6.83. The standard InChI is InChI=1S/C11H22N2/c1-10(2)7-9(12-5)8-11(3,4)13(10)6/h7-8H2,1-6H3. The highest BCUT2D eigenvalue weighted by atomic mass is 15.2. The largest absolute Gasteiger partial charge is 0.297 e. The minimum Gasteiger partial charge on any atom is -0.297 e. The molecule has 0 spiro atoms. The number of hydrogen-bond donors (Lipinski definition) is 0. The molecule has 1 saturated heterocycles. The predicted octanol–water partition coefficient (Wildman–Crippen LogP) is 2.34. The molecule has 1 aliphatic heterocycles. The first-order valence-corrected chi connectivity index (χ1v) is 4.98. The first-order valence-electron chi connectivity index (χ1n) is 4.98. The Morgan fingerprint density at radius 1 is 1.08 bits per heavy atom. The molecule has 0 atom stereocenters. The molecule has 0 aliphatic carbocycles. The molecule has 2 heteroatoms. The fraction of sp³-hybridized carbons (Fsp3) is 0.909. The maximum absolute atomic E-state index is 4.36. The van der Waals surface area contributed by atoms with Crippen molar-refractivity contribution in [3.05, 3.63) is 0 Å². The maximum atomic E-state index is 4.36. The summed E-state index contributed by atoms with van der Waals surface area (Å²) in [5, 5.41) is 0. The van der Waals surface area contributed by atoms with Crippen LogP contribution in [-0.4, -0.2) is 35.8 Å². The van der Waals surface area contributed by atoms with Crippen molar-refractivity contribution >= 4 is 5.71 Å². The average molecular weight is 182 g/mol. The minimum atomic E-state index is 0.247. The lowest BCUT2D eigenvalue weighted by molar-refractivity contribution is 0.0381. The van der Waals surface area contributed by atoms with Crippen molar-refractivity contribution in [1.29, 1.82) is 0 Å². The van der Waals surface area contributed by atoms with Crippen LogP contribution in [0, 0.1) is 0 Å². The second-order valence-electron chi connectivity index (χ2n) is 5.33. The van der Waals surface area contributed by atoms with E-state index in [4.69, 9.17) is 0 Å². The molecule has 1 heterocycles. The van der Waals surface area contributed by atoms with Gasteiger partial charge in [0, 0.05) is 36.7 Å². The Morgan fingerprint density at radius 2 is 1.46 bits per heavy atom. The minimum absolute atomic E-state index is 0.247. The van der Waals surface area contributed by atoms with Crippen LogP contribution in [0.2, 0.25) is 0 Å². The van der Waals surface area contributed by atoms with Gasteiger partial charge in [-0.1, -0.05) is 0 Å². The molecule has 1 rings (SSSR count). The van der Waals surface area contributed by atoms with Gasteiger partial charge in [0.25, 0.3) is 0 Å². The van der Waals surface area contributed by atoms with Gasteiger partial charge in [0.05, 0.1) is 0 Å². The van der Waals surface area contributed by atoms with Crippen LogP contribution in [0.4, 0.5) is 0 Å². The summed E-state index contributed by atoms with van der Waals surface area (Å²) in [6, 6.07) is 0. The number of piperidine rings is 1. The van der Waals surface area contributed by atoms with E-state index >= 15 is 0 Å². The summed E-state index contributed by atoms with van der Waals surface area (Å²) in [6.07, 6.45) is 2.20. The van der Waals surface area contributed by atoms with Crippen molar-refractivity contribution < 1.29 is 0 Å². The summed E-state index contributed by atoms with van der Waals surface area (Å²) >= 11 is 0. The van der Waals surface area contributed by atoms with Crippen molar-refractivity contribution in [2.24, 2.45) is 4.99 Å². The molecular formula is C11H22N2. The average Bonchev–Trinajstić information content (AvgIpc) is 1.99. The van der Waals surface area contributed by atoms with Gasteiger partial charge in [-0.15, -0.1) is 0 Å². The Labute approximate surface area is 82.0 Å². The fourth-order valence-electron chi connectivity index (χ4n) is 2.28. The molecule has 0 bridgehead atoms. The number of likely N-dealkylation sites (tertiary alicyclic amines) is 1. The molecule has 1 aliphatic rings. The number of rotatable bonds is 0. The van der Waals surface area contributed by atoms with Gasteiger partial charge in [0.2, 0.25) is 0 Å². The maximum Gasteiger partial charge on any atom is 0.0276 e. The van der Waals surface area contributed by atoms with Gasteiger partial charge in [0.15, 0.2) is 0 Å². The van der Waals surface area contributed by atoms with E-state index in [-0.39, 0.29) is 11.1 Å². The molecule has 0 radical (unpaired) electrons. The van der Waals surface area contributed by atoms with Gasteiger partial charge in [0.1, 0.15) is 0 Å². The lowest BCUT2D eigenvalue weighted by Crippen LogP contribution is -2.58. The van der Waals surface area contributed by atoms with E-state index in [9.17, 15) is 0 Å². The van der Waals surface area contributed by atoms with Crippen molar-refractivity contribution in [3.8, 4) is 0 Å². The zero-order valence-corrected chi connectivity index (χ0v) is 9.81. The fourth-order valence-corrected chi connectivity index (χ4v) is 2.28. The zero-order chi connectivity index (χ0) is 10.3. The molecule has 76 valence electrons. The van der Waals surface area contributed by atoms with Gasteiger partial charge < -0.3 is 0 Å². The van der Waals surface area contributed by atoms with E-state index in [1.807, 2.05) is 7.05 Å². The SMILES string of the molecule is CN=C1CC(C)(C)N(C)C(C)(C)C1. The van der Waals surface area contributed by atoms with Crippen LogP contribution >= 0.6 is 0 Å². The van der Waals surface area contributed by atoms with E-state index in [0.717, 1.165) is 12.8 Å². The number of hydrogen-bond acceptors (Lipinski definition) is 2. The van der Waals surface area contributed by atoms with E-state index < -0.39 is 0 Å². The van der Waals surface area contributed by atoms with Crippen LogP contribution in [0.15, 0.2) is 4.99 Å². The molecule has 1 fully saturated rings. The van der Waals surface area contributed by atoms with Crippen LogP contribution in [0.5, 0.6) is 0 Å². The summed E-state index contributed by atoms with van der Waals surface area (Å²) in [5.41, 5.74) is 1.85. The molecule has 0 N–H and O–H groups in total. The summed E-state index contributed by atoms with van der Waals surface area (Å²) in [6.45, 7) is 9.16. The highest BCUT2D eigenvalue weighted by Crippen LogP contribution is 2.35. The van der Waals surface area contributed by atoms with E-state index in [1.54, 1.807) is 0 Å². The van der Waals surface area contributed by atoms with Crippen LogP contribution in [-0.2, 0) is 0 Å². The normalized spacial score (nSPS) is 27.4. The Hall–Kier alpha value is -0.370. The molecule has 0 saturated carbocycles.